The zero-order chi connectivity index (χ0) is 13.3. The van der Waals surface area contributed by atoms with Gasteiger partial charge in [-0.3, -0.25) is 0 Å². The minimum atomic E-state index is 0.367. The molecule has 1 aliphatic carbocycles. The first-order chi connectivity index (χ1) is 8.58. The van der Waals surface area contributed by atoms with Crippen LogP contribution in [-0.4, -0.2) is 13.1 Å². The van der Waals surface area contributed by atoms with Crippen LogP contribution in [0.15, 0.2) is 22.7 Å². The van der Waals surface area contributed by atoms with Gasteiger partial charge in [0.05, 0.1) is 0 Å². The standard InChI is InChI=1S/C15H21BrClN/c1-4-15(5-2)12(9-14(15)18-3)11-7-6-10(16)8-13(11)17/h6-8,12,14,18H,4-5,9H2,1-3H3. The van der Waals surface area contributed by atoms with Gasteiger partial charge in [-0.15, -0.1) is 0 Å². The van der Waals surface area contributed by atoms with Gasteiger partial charge in [0, 0.05) is 15.5 Å². The van der Waals surface area contributed by atoms with E-state index in [2.05, 4.69) is 54.3 Å². The maximum absolute atomic E-state index is 6.42. The van der Waals surface area contributed by atoms with Crippen LogP contribution in [-0.2, 0) is 0 Å². The topological polar surface area (TPSA) is 12.0 Å². The summed E-state index contributed by atoms with van der Waals surface area (Å²) < 4.78 is 1.05. The van der Waals surface area contributed by atoms with E-state index in [1.165, 1.54) is 24.8 Å². The van der Waals surface area contributed by atoms with Crippen molar-refractivity contribution in [1.29, 1.82) is 0 Å². The van der Waals surface area contributed by atoms with Crippen LogP contribution < -0.4 is 5.32 Å². The Bertz CT molecular complexity index is 429. The molecule has 0 heterocycles. The molecule has 2 unspecified atom stereocenters. The Kier molecular flexibility index (Phi) is 4.40. The number of hydrogen-bond acceptors (Lipinski definition) is 1. The third-order valence-electron chi connectivity index (χ3n) is 4.86. The first kappa shape index (κ1) is 14.4. The van der Waals surface area contributed by atoms with Crippen molar-refractivity contribution in [2.24, 2.45) is 5.41 Å². The molecule has 1 N–H and O–H groups in total. The highest BCUT2D eigenvalue weighted by molar-refractivity contribution is 9.10. The largest absolute Gasteiger partial charge is 0.316 e. The van der Waals surface area contributed by atoms with Gasteiger partial charge in [-0.25, -0.2) is 0 Å². The van der Waals surface area contributed by atoms with Gasteiger partial charge < -0.3 is 5.32 Å². The fourth-order valence-electron chi connectivity index (χ4n) is 3.65. The van der Waals surface area contributed by atoms with Gasteiger partial charge in [0.15, 0.2) is 0 Å². The molecule has 100 valence electrons. The van der Waals surface area contributed by atoms with Crippen molar-refractivity contribution in [1.82, 2.24) is 5.32 Å². The Hall–Kier alpha value is -0.0500. The Morgan fingerprint density at radius 3 is 2.56 bits per heavy atom. The molecule has 1 aromatic carbocycles. The summed E-state index contributed by atoms with van der Waals surface area (Å²) >= 11 is 9.90. The maximum atomic E-state index is 6.42. The normalized spacial score (nSPS) is 25.8. The summed E-state index contributed by atoms with van der Waals surface area (Å²) in [6.07, 6.45) is 3.59. The van der Waals surface area contributed by atoms with Gasteiger partial charge in [0.1, 0.15) is 0 Å². The van der Waals surface area contributed by atoms with E-state index in [1.807, 2.05) is 6.07 Å². The molecule has 1 aromatic rings. The fraction of sp³-hybridized carbons (Fsp3) is 0.600. The molecule has 0 amide bonds. The molecule has 0 aliphatic heterocycles. The monoisotopic (exact) mass is 329 g/mol. The number of benzene rings is 1. The zero-order valence-corrected chi connectivity index (χ0v) is 13.6. The predicted molar refractivity (Wildman–Crippen MR) is 82.4 cm³/mol. The highest BCUT2D eigenvalue weighted by Gasteiger charge is 2.52. The van der Waals surface area contributed by atoms with Gasteiger partial charge in [-0.2, -0.15) is 0 Å². The summed E-state index contributed by atoms with van der Waals surface area (Å²) in [6.45, 7) is 4.60. The second kappa shape index (κ2) is 5.52. The summed E-state index contributed by atoms with van der Waals surface area (Å²) in [4.78, 5) is 0. The molecule has 0 aromatic heterocycles. The van der Waals surface area contributed by atoms with Gasteiger partial charge in [0.2, 0.25) is 0 Å². The number of halogens is 2. The van der Waals surface area contributed by atoms with E-state index < -0.39 is 0 Å². The molecule has 3 heteroatoms. The lowest BCUT2D eigenvalue weighted by Gasteiger charge is -2.56. The van der Waals surface area contributed by atoms with E-state index in [1.54, 1.807) is 0 Å². The summed E-state index contributed by atoms with van der Waals surface area (Å²) in [5.74, 6) is 0.588. The zero-order valence-electron chi connectivity index (χ0n) is 11.3. The van der Waals surface area contributed by atoms with Crippen LogP contribution in [0, 0.1) is 5.41 Å². The lowest BCUT2D eigenvalue weighted by molar-refractivity contribution is 0.0246. The molecule has 0 radical (unpaired) electrons. The minimum Gasteiger partial charge on any atom is -0.316 e. The van der Waals surface area contributed by atoms with Crippen molar-refractivity contribution in [2.45, 2.75) is 45.1 Å². The van der Waals surface area contributed by atoms with Crippen LogP contribution in [0.25, 0.3) is 0 Å². The molecule has 1 fully saturated rings. The first-order valence-electron chi connectivity index (χ1n) is 6.71. The summed E-state index contributed by atoms with van der Waals surface area (Å²) in [6, 6.07) is 6.92. The van der Waals surface area contributed by atoms with Crippen LogP contribution in [0.4, 0.5) is 0 Å². The molecule has 2 atom stereocenters. The SMILES string of the molecule is CCC1(CC)C(NC)CC1c1ccc(Br)cc1Cl. The third-order valence-corrected chi connectivity index (χ3v) is 5.68. The number of nitrogens with one attached hydrogen (secondary N) is 1. The lowest BCUT2D eigenvalue weighted by Crippen LogP contribution is -2.57. The quantitative estimate of drug-likeness (QED) is 0.820. The van der Waals surface area contributed by atoms with Gasteiger partial charge in [-0.1, -0.05) is 47.4 Å². The second-order valence-electron chi connectivity index (χ2n) is 5.24. The molecule has 1 aliphatic rings. The summed E-state index contributed by atoms with van der Waals surface area (Å²) in [5, 5.41) is 4.37. The molecule has 18 heavy (non-hydrogen) atoms. The van der Waals surface area contributed by atoms with E-state index in [0.29, 0.717) is 17.4 Å². The van der Waals surface area contributed by atoms with E-state index in [4.69, 9.17) is 11.6 Å². The first-order valence-corrected chi connectivity index (χ1v) is 7.88. The van der Waals surface area contributed by atoms with Gasteiger partial charge >= 0.3 is 0 Å². The van der Waals surface area contributed by atoms with E-state index >= 15 is 0 Å². The number of hydrogen-bond donors (Lipinski definition) is 1. The smallest absolute Gasteiger partial charge is 0.0452 e. The Morgan fingerprint density at radius 2 is 2.06 bits per heavy atom. The van der Waals surface area contributed by atoms with Crippen LogP contribution in [0.3, 0.4) is 0 Å². The fourth-order valence-corrected chi connectivity index (χ4v) is 4.45. The molecule has 1 saturated carbocycles. The average molecular weight is 331 g/mol. The van der Waals surface area contributed by atoms with Crippen LogP contribution >= 0.6 is 27.5 Å². The van der Waals surface area contributed by atoms with Crippen molar-refractivity contribution in [2.75, 3.05) is 7.05 Å². The highest BCUT2D eigenvalue weighted by atomic mass is 79.9. The molecule has 1 nitrogen and oxygen atoms in total. The Balaban J connectivity index is 2.34. The molecule has 0 saturated heterocycles. The van der Waals surface area contributed by atoms with Crippen molar-refractivity contribution in [3.63, 3.8) is 0 Å². The van der Waals surface area contributed by atoms with Crippen molar-refractivity contribution >= 4 is 27.5 Å². The molecule has 0 spiro atoms. The van der Waals surface area contributed by atoms with E-state index in [9.17, 15) is 0 Å². The molecular formula is C15H21BrClN. The Morgan fingerprint density at radius 1 is 1.39 bits per heavy atom. The average Bonchev–Trinajstić information content (AvgIpc) is 2.33. The third kappa shape index (κ3) is 2.13. The van der Waals surface area contributed by atoms with Gasteiger partial charge in [-0.05, 0) is 55.3 Å². The van der Waals surface area contributed by atoms with Crippen LogP contribution in [0.2, 0.25) is 5.02 Å². The summed E-state index contributed by atoms with van der Waals surface area (Å²) in [7, 11) is 2.07. The van der Waals surface area contributed by atoms with E-state index in [0.717, 1.165) is 9.50 Å². The molecule has 2 rings (SSSR count). The number of rotatable bonds is 4. The minimum absolute atomic E-state index is 0.367. The van der Waals surface area contributed by atoms with Crippen LogP contribution in [0.1, 0.15) is 44.6 Å². The van der Waals surface area contributed by atoms with Crippen molar-refractivity contribution in [3.05, 3.63) is 33.3 Å². The summed E-state index contributed by atoms with van der Waals surface area (Å²) in [5.41, 5.74) is 1.68. The maximum Gasteiger partial charge on any atom is 0.0452 e. The highest BCUT2D eigenvalue weighted by Crippen LogP contribution is 2.58. The predicted octanol–water partition coefficient (Wildman–Crippen LogP) is 4.98. The molecular weight excluding hydrogens is 310 g/mol. The van der Waals surface area contributed by atoms with Crippen molar-refractivity contribution < 1.29 is 0 Å². The Labute approximate surface area is 123 Å². The lowest BCUT2D eigenvalue weighted by atomic mass is 9.52. The van der Waals surface area contributed by atoms with Gasteiger partial charge in [0.25, 0.3) is 0 Å². The second-order valence-corrected chi connectivity index (χ2v) is 6.56. The van der Waals surface area contributed by atoms with Crippen molar-refractivity contribution in [3.8, 4) is 0 Å². The van der Waals surface area contributed by atoms with E-state index in [-0.39, 0.29) is 0 Å². The molecule has 0 bridgehead atoms. The van der Waals surface area contributed by atoms with Crippen LogP contribution in [0.5, 0.6) is 0 Å².